The second-order valence-electron chi connectivity index (χ2n) is 7.68. The van der Waals surface area contributed by atoms with E-state index < -0.39 is 6.04 Å². The Hall–Kier alpha value is -2.37. The number of hydrogen-bond donors (Lipinski definition) is 3. The minimum atomic E-state index is -0.586. The first kappa shape index (κ1) is 22.9. The van der Waals surface area contributed by atoms with Crippen LogP contribution in [0.15, 0.2) is 48.5 Å². The number of aryl methyl sites for hydroxylation is 1. The van der Waals surface area contributed by atoms with E-state index in [-0.39, 0.29) is 36.2 Å². The summed E-state index contributed by atoms with van der Waals surface area (Å²) in [7, 11) is 0. The summed E-state index contributed by atoms with van der Waals surface area (Å²) in [5.74, 6) is -0.344. The Bertz CT molecular complexity index is 836. The molecular formula is C23H30ClN3O2. The Labute approximate surface area is 179 Å². The van der Waals surface area contributed by atoms with Crippen molar-refractivity contribution in [3.05, 3.63) is 65.2 Å². The molecule has 0 saturated heterocycles. The van der Waals surface area contributed by atoms with E-state index in [4.69, 9.17) is 0 Å². The van der Waals surface area contributed by atoms with Crippen molar-refractivity contribution in [3.63, 3.8) is 0 Å². The molecule has 3 rings (SSSR count). The molecule has 6 heteroatoms. The van der Waals surface area contributed by atoms with Crippen molar-refractivity contribution in [2.75, 3.05) is 5.32 Å². The van der Waals surface area contributed by atoms with Crippen molar-refractivity contribution in [3.8, 4) is 0 Å². The number of amides is 2. The van der Waals surface area contributed by atoms with Gasteiger partial charge in [-0.25, -0.2) is 0 Å². The van der Waals surface area contributed by atoms with Crippen LogP contribution in [0.1, 0.15) is 37.5 Å². The Balaban J connectivity index is 0.00000300. The highest BCUT2D eigenvalue weighted by Gasteiger charge is 2.29. The van der Waals surface area contributed by atoms with E-state index in [2.05, 4.69) is 35.0 Å². The highest BCUT2D eigenvalue weighted by atomic mass is 35.5. The van der Waals surface area contributed by atoms with Gasteiger partial charge in [-0.2, -0.15) is 0 Å². The third-order valence-corrected chi connectivity index (χ3v) is 5.27. The fourth-order valence-corrected chi connectivity index (χ4v) is 3.47. The third kappa shape index (κ3) is 5.81. The maximum atomic E-state index is 12.8. The summed E-state index contributed by atoms with van der Waals surface area (Å²) in [6.45, 7) is 6.63. The molecule has 0 spiro atoms. The third-order valence-electron chi connectivity index (χ3n) is 5.27. The summed E-state index contributed by atoms with van der Waals surface area (Å²) in [5, 5.41) is 9.15. The standard InChI is InChI=1S/C23H29N3O2.ClH/c1-4-16-9-11-19(12-10-16)25-23(28)21(15(2)3)26-22(27)20-13-17-7-5-6-8-18(17)14-24-20;/h5-12,15,20-21,24H,4,13-14H2,1-3H3,(H,25,28)(H,26,27);1H/t20-,21+;/m0./s1. The molecule has 29 heavy (non-hydrogen) atoms. The molecule has 156 valence electrons. The largest absolute Gasteiger partial charge is 0.343 e. The van der Waals surface area contributed by atoms with Crippen molar-refractivity contribution in [2.24, 2.45) is 5.92 Å². The van der Waals surface area contributed by atoms with Crippen LogP contribution in [0.3, 0.4) is 0 Å². The second kappa shape index (κ2) is 10.4. The highest BCUT2D eigenvalue weighted by molar-refractivity contribution is 5.98. The summed E-state index contributed by atoms with van der Waals surface area (Å²) in [5.41, 5.74) is 4.37. The van der Waals surface area contributed by atoms with Gasteiger partial charge in [0.1, 0.15) is 6.04 Å². The Morgan fingerprint density at radius 1 is 1.07 bits per heavy atom. The van der Waals surface area contributed by atoms with Crippen LogP contribution in [0.25, 0.3) is 0 Å². The van der Waals surface area contributed by atoms with Crippen LogP contribution in [0.4, 0.5) is 5.69 Å². The van der Waals surface area contributed by atoms with Crippen LogP contribution >= 0.6 is 12.4 Å². The Morgan fingerprint density at radius 3 is 2.34 bits per heavy atom. The van der Waals surface area contributed by atoms with Gasteiger partial charge in [-0.1, -0.05) is 57.2 Å². The molecule has 3 N–H and O–H groups in total. The van der Waals surface area contributed by atoms with Crippen molar-refractivity contribution >= 4 is 29.9 Å². The molecule has 0 fully saturated rings. The van der Waals surface area contributed by atoms with Crippen molar-refractivity contribution in [2.45, 2.75) is 52.2 Å². The monoisotopic (exact) mass is 415 g/mol. The molecule has 0 aliphatic carbocycles. The normalized spacial score (nSPS) is 16.3. The summed E-state index contributed by atoms with van der Waals surface area (Å²) in [6.07, 6.45) is 1.59. The number of nitrogens with one attached hydrogen (secondary N) is 3. The summed E-state index contributed by atoms with van der Waals surface area (Å²) in [6, 6.07) is 15.0. The molecule has 5 nitrogen and oxygen atoms in total. The molecule has 0 aromatic heterocycles. The predicted octanol–water partition coefficient (Wildman–Crippen LogP) is 3.46. The maximum absolute atomic E-state index is 12.8. The smallest absolute Gasteiger partial charge is 0.247 e. The lowest BCUT2D eigenvalue weighted by Gasteiger charge is -2.28. The van der Waals surface area contributed by atoms with E-state index >= 15 is 0 Å². The van der Waals surface area contributed by atoms with E-state index in [0.717, 1.165) is 12.1 Å². The second-order valence-corrected chi connectivity index (χ2v) is 7.68. The topological polar surface area (TPSA) is 70.2 Å². The molecule has 2 atom stereocenters. The maximum Gasteiger partial charge on any atom is 0.247 e. The average Bonchev–Trinajstić information content (AvgIpc) is 2.71. The zero-order chi connectivity index (χ0) is 20.1. The van der Waals surface area contributed by atoms with Crippen LogP contribution in [0.5, 0.6) is 0 Å². The van der Waals surface area contributed by atoms with Gasteiger partial charge in [0.15, 0.2) is 0 Å². The predicted molar refractivity (Wildman–Crippen MR) is 119 cm³/mol. The summed E-state index contributed by atoms with van der Waals surface area (Å²) < 4.78 is 0. The SMILES string of the molecule is CCc1ccc(NC(=O)[C@H](NC(=O)[C@@H]2Cc3ccccc3CN2)C(C)C)cc1.Cl. The molecule has 0 radical (unpaired) electrons. The molecule has 2 aromatic carbocycles. The number of carbonyl (C=O) groups excluding carboxylic acids is 2. The van der Waals surface area contributed by atoms with Gasteiger partial charge >= 0.3 is 0 Å². The number of hydrogen-bond acceptors (Lipinski definition) is 3. The minimum absolute atomic E-state index is 0. The van der Waals surface area contributed by atoms with Crippen LogP contribution < -0.4 is 16.0 Å². The fourth-order valence-electron chi connectivity index (χ4n) is 3.47. The first-order valence-corrected chi connectivity index (χ1v) is 9.98. The van der Waals surface area contributed by atoms with Crippen molar-refractivity contribution in [1.29, 1.82) is 0 Å². The van der Waals surface area contributed by atoms with Gasteiger partial charge in [-0.15, -0.1) is 12.4 Å². The minimum Gasteiger partial charge on any atom is -0.343 e. The lowest BCUT2D eigenvalue weighted by atomic mass is 9.94. The van der Waals surface area contributed by atoms with Gasteiger partial charge in [0, 0.05) is 12.2 Å². The molecule has 2 aromatic rings. The average molecular weight is 416 g/mol. The van der Waals surface area contributed by atoms with Gasteiger partial charge in [0.2, 0.25) is 11.8 Å². The van der Waals surface area contributed by atoms with Crippen LogP contribution in [-0.4, -0.2) is 23.9 Å². The van der Waals surface area contributed by atoms with Crippen molar-refractivity contribution < 1.29 is 9.59 Å². The highest BCUT2D eigenvalue weighted by Crippen LogP contribution is 2.17. The van der Waals surface area contributed by atoms with Gasteiger partial charge in [-0.3, -0.25) is 9.59 Å². The molecule has 1 aliphatic rings. The summed E-state index contributed by atoms with van der Waals surface area (Å²) >= 11 is 0. The zero-order valence-electron chi connectivity index (χ0n) is 17.2. The zero-order valence-corrected chi connectivity index (χ0v) is 18.0. The van der Waals surface area contributed by atoms with E-state index in [0.29, 0.717) is 13.0 Å². The van der Waals surface area contributed by atoms with Crippen LogP contribution in [-0.2, 0) is 29.0 Å². The van der Waals surface area contributed by atoms with Crippen molar-refractivity contribution in [1.82, 2.24) is 10.6 Å². The lowest BCUT2D eigenvalue weighted by molar-refractivity contribution is -0.128. The lowest BCUT2D eigenvalue weighted by Crippen LogP contribution is -2.54. The van der Waals surface area contributed by atoms with Gasteiger partial charge in [0.25, 0.3) is 0 Å². The molecular weight excluding hydrogens is 386 g/mol. The first-order chi connectivity index (χ1) is 13.5. The van der Waals surface area contributed by atoms with E-state index in [9.17, 15) is 9.59 Å². The van der Waals surface area contributed by atoms with E-state index in [1.807, 2.05) is 50.2 Å². The number of benzene rings is 2. The molecule has 0 bridgehead atoms. The molecule has 2 amide bonds. The number of rotatable bonds is 6. The Kier molecular flexibility index (Phi) is 8.23. The van der Waals surface area contributed by atoms with Gasteiger partial charge in [-0.05, 0) is 47.6 Å². The molecule has 1 heterocycles. The van der Waals surface area contributed by atoms with Crippen LogP contribution in [0, 0.1) is 5.92 Å². The fraction of sp³-hybridized carbons (Fsp3) is 0.391. The van der Waals surface area contributed by atoms with E-state index in [1.165, 1.54) is 16.7 Å². The molecule has 0 unspecified atom stereocenters. The number of fused-ring (bicyclic) bond motifs is 1. The molecule has 0 saturated carbocycles. The van der Waals surface area contributed by atoms with E-state index in [1.54, 1.807) is 0 Å². The number of carbonyl (C=O) groups is 2. The van der Waals surface area contributed by atoms with Gasteiger partial charge in [0.05, 0.1) is 6.04 Å². The number of anilines is 1. The molecule has 1 aliphatic heterocycles. The summed E-state index contributed by atoms with van der Waals surface area (Å²) in [4.78, 5) is 25.6. The quantitative estimate of drug-likeness (QED) is 0.676. The number of halogens is 1. The van der Waals surface area contributed by atoms with Gasteiger partial charge < -0.3 is 16.0 Å². The van der Waals surface area contributed by atoms with Crippen LogP contribution in [0.2, 0.25) is 0 Å². The Morgan fingerprint density at radius 2 is 1.72 bits per heavy atom. The first-order valence-electron chi connectivity index (χ1n) is 9.98.